The minimum Gasteiger partial charge on any atom is -0.455 e. The summed E-state index contributed by atoms with van der Waals surface area (Å²) in [5.74, 6) is 1.57. The van der Waals surface area contributed by atoms with Gasteiger partial charge in [0.05, 0.1) is 0 Å². The molecule has 104 valence electrons. The smallest absolute Gasteiger partial charge is 0.153 e. The van der Waals surface area contributed by atoms with E-state index in [1.54, 1.807) is 6.92 Å². The summed E-state index contributed by atoms with van der Waals surface area (Å²) in [6.45, 7) is 1.57. The molecule has 0 atom stereocenters. The van der Waals surface area contributed by atoms with Gasteiger partial charge in [-0.3, -0.25) is 4.79 Å². The molecule has 2 aromatic carbocycles. The Morgan fingerprint density at radius 3 is 2.57 bits per heavy atom. The molecule has 0 fully saturated rings. The number of para-hydroxylation sites is 2. The molecule has 3 heteroatoms. The second-order valence-electron chi connectivity index (χ2n) is 4.92. The minimum atomic E-state index is 0.100. The van der Waals surface area contributed by atoms with Crippen LogP contribution in [0.25, 0.3) is 10.9 Å². The predicted molar refractivity (Wildman–Crippen MR) is 82.6 cm³/mol. The van der Waals surface area contributed by atoms with Crippen molar-refractivity contribution in [2.75, 3.05) is 0 Å². The number of ketones is 1. The second-order valence-corrected chi connectivity index (χ2v) is 4.92. The number of pyridine rings is 1. The van der Waals surface area contributed by atoms with Gasteiger partial charge in [-0.2, -0.15) is 0 Å². The van der Waals surface area contributed by atoms with Crippen LogP contribution in [0.4, 0.5) is 0 Å². The van der Waals surface area contributed by atoms with Gasteiger partial charge in [-0.15, -0.1) is 0 Å². The zero-order valence-electron chi connectivity index (χ0n) is 11.7. The van der Waals surface area contributed by atoms with E-state index in [4.69, 9.17) is 4.74 Å². The Balaban J connectivity index is 2.03. The molecule has 0 amide bonds. The normalized spacial score (nSPS) is 10.5. The van der Waals surface area contributed by atoms with Gasteiger partial charge in [-0.25, -0.2) is 4.98 Å². The second kappa shape index (κ2) is 5.75. The van der Waals surface area contributed by atoms with Crippen molar-refractivity contribution >= 4 is 16.7 Å². The first-order chi connectivity index (χ1) is 10.2. The van der Waals surface area contributed by atoms with Crippen molar-refractivity contribution < 1.29 is 9.53 Å². The summed E-state index contributed by atoms with van der Waals surface area (Å²) in [5, 5.41) is 0.996. The van der Waals surface area contributed by atoms with Crippen molar-refractivity contribution in [3.05, 3.63) is 66.4 Å². The fraction of sp³-hybridized carbons (Fsp3) is 0.111. The first-order valence-corrected chi connectivity index (χ1v) is 6.83. The van der Waals surface area contributed by atoms with Gasteiger partial charge in [0.25, 0.3) is 0 Å². The molecule has 0 aliphatic rings. The summed E-state index contributed by atoms with van der Waals surface area (Å²) in [6, 6.07) is 19.3. The largest absolute Gasteiger partial charge is 0.455 e. The topological polar surface area (TPSA) is 39.2 Å². The highest BCUT2D eigenvalue weighted by atomic mass is 16.5. The SMILES string of the molecule is CC(=O)Cc1ccc2cccc(Oc3ccccc3)c2n1. The van der Waals surface area contributed by atoms with Gasteiger partial charge >= 0.3 is 0 Å². The molecule has 0 aliphatic carbocycles. The van der Waals surface area contributed by atoms with E-state index in [0.29, 0.717) is 12.2 Å². The molecule has 0 saturated carbocycles. The summed E-state index contributed by atoms with van der Waals surface area (Å²) in [7, 11) is 0. The van der Waals surface area contributed by atoms with Gasteiger partial charge in [-0.1, -0.05) is 36.4 Å². The van der Waals surface area contributed by atoms with Crippen molar-refractivity contribution in [2.45, 2.75) is 13.3 Å². The third kappa shape index (κ3) is 3.08. The highest BCUT2D eigenvalue weighted by Gasteiger charge is 2.07. The molecule has 0 N–H and O–H groups in total. The lowest BCUT2D eigenvalue weighted by molar-refractivity contribution is -0.116. The van der Waals surface area contributed by atoms with E-state index in [0.717, 1.165) is 22.3 Å². The van der Waals surface area contributed by atoms with Crippen LogP contribution in [-0.4, -0.2) is 10.8 Å². The van der Waals surface area contributed by atoms with Crippen LogP contribution in [0.2, 0.25) is 0 Å². The zero-order chi connectivity index (χ0) is 14.7. The summed E-state index contributed by atoms with van der Waals surface area (Å²) in [6.07, 6.45) is 0.343. The molecule has 3 rings (SSSR count). The number of fused-ring (bicyclic) bond motifs is 1. The van der Waals surface area contributed by atoms with E-state index < -0.39 is 0 Å². The average Bonchev–Trinajstić information content (AvgIpc) is 2.48. The van der Waals surface area contributed by atoms with Gasteiger partial charge in [0.15, 0.2) is 5.75 Å². The van der Waals surface area contributed by atoms with Crippen molar-refractivity contribution in [2.24, 2.45) is 0 Å². The molecule has 1 aromatic heterocycles. The van der Waals surface area contributed by atoms with Crippen LogP contribution in [0.1, 0.15) is 12.6 Å². The Morgan fingerprint density at radius 2 is 1.81 bits per heavy atom. The lowest BCUT2D eigenvalue weighted by Gasteiger charge is -2.09. The number of aromatic nitrogens is 1. The molecule has 0 aliphatic heterocycles. The molecule has 0 saturated heterocycles. The molecular weight excluding hydrogens is 262 g/mol. The number of ether oxygens (including phenoxy) is 1. The zero-order valence-corrected chi connectivity index (χ0v) is 11.7. The fourth-order valence-electron chi connectivity index (χ4n) is 2.21. The summed E-state index contributed by atoms with van der Waals surface area (Å²) in [4.78, 5) is 15.8. The average molecular weight is 277 g/mol. The summed E-state index contributed by atoms with van der Waals surface area (Å²) >= 11 is 0. The molecule has 0 bridgehead atoms. The predicted octanol–water partition coefficient (Wildman–Crippen LogP) is 4.16. The van der Waals surface area contributed by atoms with Crippen LogP contribution >= 0.6 is 0 Å². The fourth-order valence-corrected chi connectivity index (χ4v) is 2.21. The van der Waals surface area contributed by atoms with E-state index in [2.05, 4.69) is 4.98 Å². The van der Waals surface area contributed by atoms with Crippen LogP contribution in [0.15, 0.2) is 60.7 Å². The van der Waals surface area contributed by atoms with Gasteiger partial charge in [0, 0.05) is 17.5 Å². The van der Waals surface area contributed by atoms with Gasteiger partial charge in [-0.05, 0) is 31.2 Å². The van der Waals surface area contributed by atoms with E-state index in [1.807, 2.05) is 60.7 Å². The molecule has 0 unspecified atom stereocenters. The van der Waals surface area contributed by atoms with Crippen LogP contribution < -0.4 is 4.74 Å². The number of nitrogens with zero attached hydrogens (tertiary/aromatic N) is 1. The lowest BCUT2D eigenvalue weighted by Crippen LogP contribution is -1.99. The van der Waals surface area contributed by atoms with Crippen LogP contribution in [0.3, 0.4) is 0 Å². The van der Waals surface area contributed by atoms with Crippen LogP contribution in [0.5, 0.6) is 11.5 Å². The number of hydrogen-bond acceptors (Lipinski definition) is 3. The maximum absolute atomic E-state index is 11.3. The Kier molecular flexibility index (Phi) is 3.65. The number of carbonyl (C=O) groups excluding carboxylic acids is 1. The van der Waals surface area contributed by atoms with Crippen LogP contribution in [-0.2, 0) is 11.2 Å². The maximum Gasteiger partial charge on any atom is 0.153 e. The maximum atomic E-state index is 11.3. The van der Waals surface area contributed by atoms with E-state index in [1.165, 1.54) is 0 Å². The number of rotatable bonds is 4. The first kappa shape index (κ1) is 13.3. The molecule has 0 spiro atoms. The van der Waals surface area contributed by atoms with Gasteiger partial charge < -0.3 is 4.74 Å². The summed E-state index contributed by atoms with van der Waals surface area (Å²) < 4.78 is 5.90. The van der Waals surface area contributed by atoms with E-state index >= 15 is 0 Å². The number of benzene rings is 2. The highest BCUT2D eigenvalue weighted by molar-refractivity contribution is 5.86. The molecule has 0 radical (unpaired) electrons. The molecular formula is C18H15NO2. The van der Waals surface area contributed by atoms with Crippen molar-refractivity contribution in [3.8, 4) is 11.5 Å². The van der Waals surface area contributed by atoms with E-state index in [-0.39, 0.29) is 5.78 Å². The Labute approximate surface area is 123 Å². The standard InChI is InChI=1S/C18H15NO2/c1-13(20)12-15-11-10-14-6-5-9-17(18(14)19-15)21-16-7-3-2-4-8-16/h2-11H,12H2,1H3. The highest BCUT2D eigenvalue weighted by Crippen LogP contribution is 2.28. The lowest BCUT2D eigenvalue weighted by atomic mass is 10.1. The van der Waals surface area contributed by atoms with Gasteiger partial charge in [0.1, 0.15) is 17.0 Å². The van der Waals surface area contributed by atoms with E-state index in [9.17, 15) is 4.79 Å². The minimum absolute atomic E-state index is 0.100. The quantitative estimate of drug-likeness (QED) is 0.719. The molecule has 1 heterocycles. The van der Waals surface area contributed by atoms with Crippen LogP contribution in [0, 0.1) is 0 Å². The molecule has 3 nitrogen and oxygen atoms in total. The third-order valence-electron chi connectivity index (χ3n) is 3.14. The number of carbonyl (C=O) groups is 1. The number of Topliss-reactive ketones (excluding diaryl/α,β-unsaturated/α-hetero) is 1. The van der Waals surface area contributed by atoms with Gasteiger partial charge in [0.2, 0.25) is 0 Å². The number of hydrogen-bond donors (Lipinski definition) is 0. The Hall–Kier alpha value is -2.68. The third-order valence-corrected chi connectivity index (χ3v) is 3.14. The molecule has 3 aromatic rings. The molecule has 21 heavy (non-hydrogen) atoms. The monoisotopic (exact) mass is 277 g/mol. The van der Waals surface area contributed by atoms with Crippen molar-refractivity contribution in [3.63, 3.8) is 0 Å². The Morgan fingerprint density at radius 1 is 1.00 bits per heavy atom. The first-order valence-electron chi connectivity index (χ1n) is 6.83. The summed E-state index contributed by atoms with van der Waals surface area (Å²) in [5.41, 5.74) is 1.54. The van der Waals surface area contributed by atoms with Crippen molar-refractivity contribution in [1.82, 2.24) is 4.98 Å². The van der Waals surface area contributed by atoms with Crippen molar-refractivity contribution in [1.29, 1.82) is 0 Å². The Bertz CT molecular complexity index is 782.